The van der Waals surface area contributed by atoms with E-state index in [0.717, 1.165) is 23.3 Å². The second-order valence-corrected chi connectivity index (χ2v) is 7.45. The fourth-order valence-electron chi connectivity index (χ4n) is 4.03. The van der Waals surface area contributed by atoms with Crippen LogP contribution in [0, 0.1) is 0 Å². The standard InChI is InChI=1S/C23H24N2O6/c1-29-20-6-4-14(11-18(20)26)16(12-21(27)30-2)22-17(24-25-23(22)28)10-13-3-5-19-15(9-13)7-8-31-19/h3-6,9,11,16,26H,7-8,10,12H2,1-2H3,(H2,24,25,28)/t16-/m0/s1. The molecule has 0 saturated heterocycles. The van der Waals surface area contributed by atoms with E-state index in [4.69, 9.17) is 14.2 Å². The number of ether oxygens (including phenoxy) is 3. The van der Waals surface area contributed by atoms with Crippen LogP contribution >= 0.6 is 0 Å². The van der Waals surface area contributed by atoms with Crippen molar-refractivity contribution in [3.8, 4) is 17.2 Å². The molecule has 2 aromatic carbocycles. The first-order valence-corrected chi connectivity index (χ1v) is 9.98. The number of H-pyrrole nitrogens is 2. The number of benzene rings is 2. The van der Waals surface area contributed by atoms with Gasteiger partial charge in [-0.1, -0.05) is 18.2 Å². The van der Waals surface area contributed by atoms with Crippen molar-refractivity contribution in [3.63, 3.8) is 0 Å². The van der Waals surface area contributed by atoms with Crippen LogP contribution in [0.4, 0.5) is 0 Å². The smallest absolute Gasteiger partial charge is 0.306 e. The van der Waals surface area contributed by atoms with Crippen molar-refractivity contribution in [1.82, 2.24) is 10.2 Å². The lowest BCUT2D eigenvalue weighted by Gasteiger charge is -2.17. The second kappa shape index (κ2) is 8.59. The summed E-state index contributed by atoms with van der Waals surface area (Å²) in [7, 11) is 2.76. The summed E-state index contributed by atoms with van der Waals surface area (Å²) in [5.41, 5.74) is 3.57. The van der Waals surface area contributed by atoms with E-state index in [1.165, 1.54) is 20.3 Å². The topological polar surface area (TPSA) is 114 Å². The molecule has 8 heteroatoms. The van der Waals surface area contributed by atoms with E-state index in [-0.39, 0.29) is 17.7 Å². The van der Waals surface area contributed by atoms with Crippen molar-refractivity contribution in [2.45, 2.75) is 25.2 Å². The Kier molecular flexibility index (Phi) is 5.70. The lowest BCUT2D eigenvalue weighted by atomic mass is 9.87. The summed E-state index contributed by atoms with van der Waals surface area (Å²) in [4.78, 5) is 24.9. The van der Waals surface area contributed by atoms with Gasteiger partial charge in [-0.3, -0.25) is 14.7 Å². The molecule has 0 amide bonds. The fourth-order valence-corrected chi connectivity index (χ4v) is 4.03. The molecule has 4 rings (SSSR count). The van der Waals surface area contributed by atoms with Crippen LogP contribution in [-0.4, -0.2) is 42.1 Å². The minimum Gasteiger partial charge on any atom is -0.504 e. The van der Waals surface area contributed by atoms with Gasteiger partial charge in [0.2, 0.25) is 0 Å². The van der Waals surface area contributed by atoms with Crippen LogP contribution < -0.4 is 15.0 Å². The number of nitrogens with one attached hydrogen (secondary N) is 2. The first-order valence-electron chi connectivity index (χ1n) is 9.98. The average Bonchev–Trinajstić information content (AvgIpc) is 3.38. The second-order valence-electron chi connectivity index (χ2n) is 7.45. The number of aromatic hydroxyl groups is 1. The van der Waals surface area contributed by atoms with Gasteiger partial charge in [0.05, 0.1) is 27.2 Å². The Morgan fingerprint density at radius 1 is 1.19 bits per heavy atom. The van der Waals surface area contributed by atoms with Gasteiger partial charge in [0.1, 0.15) is 5.75 Å². The van der Waals surface area contributed by atoms with Crippen molar-refractivity contribution in [2.24, 2.45) is 0 Å². The molecule has 3 aromatic rings. The van der Waals surface area contributed by atoms with E-state index < -0.39 is 11.9 Å². The Morgan fingerprint density at radius 2 is 2.03 bits per heavy atom. The Balaban J connectivity index is 1.73. The molecule has 162 valence electrons. The van der Waals surface area contributed by atoms with E-state index in [0.29, 0.717) is 35.6 Å². The minimum absolute atomic E-state index is 0.0474. The molecule has 1 atom stereocenters. The number of carbonyl (C=O) groups is 1. The van der Waals surface area contributed by atoms with Crippen molar-refractivity contribution in [1.29, 1.82) is 0 Å². The molecule has 0 aliphatic carbocycles. The molecule has 1 aromatic heterocycles. The zero-order valence-corrected chi connectivity index (χ0v) is 17.4. The highest BCUT2D eigenvalue weighted by atomic mass is 16.5. The maximum Gasteiger partial charge on any atom is 0.306 e. The van der Waals surface area contributed by atoms with Crippen molar-refractivity contribution in [3.05, 3.63) is 74.7 Å². The number of fused-ring (bicyclic) bond motifs is 1. The molecule has 3 N–H and O–H groups in total. The van der Waals surface area contributed by atoms with E-state index in [9.17, 15) is 14.7 Å². The molecule has 1 aliphatic rings. The molecule has 0 radical (unpaired) electrons. The lowest BCUT2D eigenvalue weighted by molar-refractivity contribution is -0.140. The van der Waals surface area contributed by atoms with E-state index in [1.807, 2.05) is 12.1 Å². The zero-order valence-electron chi connectivity index (χ0n) is 17.4. The Hall–Kier alpha value is -3.68. The Labute approximate surface area is 178 Å². The molecule has 0 bridgehead atoms. The Bertz CT molecular complexity index is 1160. The molecule has 2 heterocycles. The maximum absolute atomic E-state index is 12.8. The summed E-state index contributed by atoms with van der Waals surface area (Å²) in [6.45, 7) is 0.674. The highest BCUT2D eigenvalue weighted by molar-refractivity contribution is 5.71. The Morgan fingerprint density at radius 3 is 2.77 bits per heavy atom. The summed E-state index contributed by atoms with van der Waals surface area (Å²) >= 11 is 0. The van der Waals surface area contributed by atoms with Crippen LogP contribution in [0.15, 0.2) is 41.2 Å². The monoisotopic (exact) mass is 424 g/mol. The summed E-state index contributed by atoms with van der Waals surface area (Å²) in [6.07, 6.45) is 1.28. The molecular formula is C23H24N2O6. The van der Waals surface area contributed by atoms with Gasteiger partial charge in [-0.2, -0.15) is 0 Å². The van der Waals surface area contributed by atoms with Crippen LogP contribution in [0.2, 0.25) is 0 Å². The number of phenolic OH excluding ortho intramolecular Hbond substituents is 1. The van der Waals surface area contributed by atoms with Crippen LogP contribution in [-0.2, 0) is 22.4 Å². The SMILES string of the molecule is COC(=O)C[C@@H](c1ccc(OC)c(O)c1)c1c(Cc2ccc3c(c2)CCO3)[nH][nH]c1=O. The molecule has 31 heavy (non-hydrogen) atoms. The van der Waals surface area contributed by atoms with Crippen LogP contribution in [0.3, 0.4) is 0 Å². The van der Waals surface area contributed by atoms with Crippen LogP contribution in [0.25, 0.3) is 0 Å². The number of hydrogen-bond acceptors (Lipinski definition) is 6. The maximum atomic E-state index is 12.8. The third-order valence-electron chi connectivity index (χ3n) is 5.58. The minimum atomic E-state index is -0.605. The molecule has 0 fully saturated rings. The van der Waals surface area contributed by atoms with E-state index in [1.54, 1.807) is 12.1 Å². The van der Waals surface area contributed by atoms with Crippen molar-refractivity contribution in [2.75, 3.05) is 20.8 Å². The predicted octanol–water partition coefficient (Wildman–Crippen LogP) is 2.64. The molecular weight excluding hydrogens is 400 g/mol. The van der Waals surface area contributed by atoms with Gasteiger partial charge in [0, 0.05) is 30.0 Å². The van der Waals surface area contributed by atoms with E-state index in [2.05, 4.69) is 16.3 Å². The first kappa shape index (κ1) is 20.6. The highest BCUT2D eigenvalue weighted by Crippen LogP contribution is 2.35. The van der Waals surface area contributed by atoms with Gasteiger partial charge < -0.3 is 24.4 Å². The van der Waals surface area contributed by atoms with Crippen LogP contribution in [0.1, 0.15) is 40.3 Å². The van der Waals surface area contributed by atoms with Gasteiger partial charge in [-0.25, -0.2) is 0 Å². The van der Waals surface area contributed by atoms with Crippen molar-refractivity contribution >= 4 is 5.97 Å². The summed E-state index contributed by atoms with van der Waals surface area (Å²) in [5, 5.41) is 15.9. The summed E-state index contributed by atoms with van der Waals surface area (Å²) in [6, 6.07) is 10.8. The number of esters is 1. The molecule has 0 spiro atoms. The summed E-state index contributed by atoms with van der Waals surface area (Å²) in [5.74, 6) is 0.0727. The van der Waals surface area contributed by atoms with Gasteiger partial charge in [0.15, 0.2) is 11.5 Å². The van der Waals surface area contributed by atoms with Gasteiger partial charge in [-0.05, 0) is 34.9 Å². The normalized spacial score (nSPS) is 13.4. The highest BCUT2D eigenvalue weighted by Gasteiger charge is 2.27. The largest absolute Gasteiger partial charge is 0.504 e. The number of carbonyl (C=O) groups excluding carboxylic acids is 1. The molecule has 0 unspecified atom stereocenters. The number of aromatic amines is 2. The fraction of sp³-hybridized carbons (Fsp3) is 0.304. The molecule has 0 saturated carbocycles. The van der Waals surface area contributed by atoms with Crippen molar-refractivity contribution < 1.29 is 24.1 Å². The number of hydrogen-bond donors (Lipinski definition) is 3. The van der Waals surface area contributed by atoms with Gasteiger partial charge >= 0.3 is 5.97 Å². The lowest BCUT2D eigenvalue weighted by Crippen LogP contribution is -2.18. The average molecular weight is 424 g/mol. The number of rotatable bonds is 7. The number of phenols is 1. The molecule has 8 nitrogen and oxygen atoms in total. The summed E-state index contributed by atoms with van der Waals surface area (Å²) < 4.78 is 15.5. The third-order valence-corrected chi connectivity index (χ3v) is 5.58. The third kappa shape index (κ3) is 4.14. The quantitative estimate of drug-likeness (QED) is 0.503. The van der Waals surface area contributed by atoms with Gasteiger partial charge in [-0.15, -0.1) is 0 Å². The molecule has 1 aliphatic heterocycles. The first-order chi connectivity index (χ1) is 15.0. The zero-order chi connectivity index (χ0) is 22.0. The van der Waals surface area contributed by atoms with Gasteiger partial charge in [0.25, 0.3) is 5.56 Å². The van der Waals surface area contributed by atoms with Crippen LogP contribution in [0.5, 0.6) is 17.2 Å². The number of methoxy groups -OCH3 is 2. The van der Waals surface area contributed by atoms with E-state index >= 15 is 0 Å². The number of aromatic nitrogens is 2. The predicted molar refractivity (Wildman–Crippen MR) is 113 cm³/mol.